The molecule has 1 aliphatic heterocycles. The summed E-state index contributed by atoms with van der Waals surface area (Å²) in [6.45, 7) is 7.23. The average molecular weight is 522 g/mol. The zero-order chi connectivity index (χ0) is 18.6. The Morgan fingerprint density at radius 3 is 2.78 bits per heavy atom. The Balaban J connectivity index is 0.00000261. The van der Waals surface area contributed by atoms with Gasteiger partial charge in [-0.2, -0.15) is 16.7 Å². The van der Waals surface area contributed by atoms with Crippen molar-refractivity contribution in [2.75, 3.05) is 32.4 Å². The molecule has 6 nitrogen and oxygen atoms in total. The maximum Gasteiger partial charge on any atom is 0.228 e. The number of benzene rings is 1. The maximum absolute atomic E-state index is 5.91. The molecular weight excluding hydrogens is 497 g/mol. The van der Waals surface area contributed by atoms with E-state index in [-0.39, 0.29) is 28.7 Å². The Bertz CT molecular complexity index is 765. The van der Waals surface area contributed by atoms with E-state index < -0.39 is 0 Å². The molecule has 0 atom stereocenters. The van der Waals surface area contributed by atoms with Crippen LogP contribution in [0.2, 0.25) is 5.02 Å². The Morgan fingerprint density at radius 2 is 2.11 bits per heavy atom. The lowest BCUT2D eigenvalue weighted by atomic mass is 10.2. The number of aromatic nitrogens is 2. The number of thioether (sulfide) groups is 1. The van der Waals surface area contributed by atoms with Crippen LogP contribution in [0.25, 0.3) is 11.4 Å². The summed E-state index contributed by atoms with van der Waals surface area (Å²) in [6, 6.07) is 7.40. The fourth-order valence-corrected chi connectivity index (χ4v) is 4.12. The van der Waals surface area contributed by atoms with Crippen molar-refractivity contribution >= 4 is 53.3 Å². The van der Waals surface area contributed by atoms with Gasteiger partial charge < -0.3 is 14.7 Å². The first-order chi connectivity index (χ1) is 12.5. The molecule has 0 aliphatic carbocycles. The summed E-state index contributed by atoms with van der Waals surface area (Å²) in [6.07, 6.45) is 0.644. The average Bonchev–Trinajstić information content (AvgIpc) is 3.07. The van der Waals surface area contributed by atoms with E-state index in [4.69, 9.17) is 16.1 Å². The number of nitrogens with one attached hydrogen (secondary N) is 1. The van der Waals surface area contributed by atoms with E-state index in [1.807, 2.05) is 43.1 Å². The zero-order valence-electron chi connectivity index (χ0n) is 15.7. The minimum Gasteiger partial charge on any atom is -0.356 e. The molecule has 0 bridgehead atoms. The van der Waals surface area contributed by atoms with Gasteiger partial charge in [0, 0.05) is 54.2 Å². The van der Waals surface area contributed by atoms with Crippen LogP contribution in [0.1, 0.15) is 19.7 Å². The van der Waals surface area contributed by atoms with Crippen LogP contribution >= 0.6 is 47.3 Å². The van der Waals surface area contributed by atoms with Crippen LogP contribution in [0.5, 0.6) is 0 Å². The molecular formula is C18H25ClIN5OS. The highest BCUT2D eigenvalue weighted by Gasteiger charge is 2.28. The van der Waals surface area contributed by atoms with Crippen LogP contribution in [0.4, 0.5) is 0 Å². The lowest BCUT2D eigenvalue weighted by Gasteiger charge is -2.39. The molecule has 1 aliphatic rings. The summed E-state index contributed by atoms with van der Waals surface area (Å²) in [4.78, 5) is 11.2. The first kappa shape index (κ1) is 22.3. The number of guanidine groups is 1. The third-order valence-corrected chi connectivity index (χ3v) is 5.68. The number of nitrogens with zero attached hydrogens (tertiary/aromatic N) is 4. The third kappa shape index (κ3) is 6.25. The van der Waals surface area contributed by atoms with E-state index in [1.165, 1.54) is 0 Å². The molecule has 0 radical (unpaired) electrons. The Kier molecular flexibility index (Phi) is 8.23. The van der Waals surface area contributed by atoms with Crippen LogP contribution in [-0.4, -0.2) is 58.2 Å². The first-order valence-corrected chi connectivity index (χ1v) is 10.0. The fourth-order valence-electron chi connectivity index (χ4n) is 2.88. The van der Waals surface area contributed by atoms with E-state index in [1.54, 1.807) is 0 Å². The molecule has 0 amide bonds. The molecule has 3 rings (SSSR count). The van der Waals surface area contributed by atoms with Gasteiger partial charge in [0.2, 0.25) is 11.7 Å². The predicted octanol–water partition coefficient (Wildman–Crippen LogP) is 3.95. The topological polar surface area (TPSA) is 66.5 Å². The minimum absolute atomic E-state index is 0. The van der Waals surface area contributed by atoms with Crippen molar-refractivity contribution < 1.29 is 4.52 Å². The summed E-state index contributed by atoms with van der Waals surface area (Å²) in [5.41, 5.74) is 0.890. The quantitative estimate of drug-likeness (QED) is 0.373. The third-order valence-electron chi connectivity index (χ3n) is 4.13. The van der Waals surface area contributed by atoms with Crippen molar-refractivity contribution in [3.63, 3.8) is 0 Å². The van der Waals surface area contributed by atoms with E-state index in [9.17, 15) is 0 Å². The molecule has 1 aromatic heterocycles. The second kappa shape index (κ2) is 9.97. The number of hydrogen-bond acceptors (Lipinski definition) is 5. The summed E-state index contributed by atoms with van der Waals surface area (Å²) in [5.74, 6) is 3.22. The molecule has 1 saturated heterocycles. The van der Waals surface area contributed by atoms with Gasteiger partial charge in [-0.1, -0.05) is 16.8 Å². The lowest BCUT2D eigenvalue weighted by molar-refractivity contribution is 0.367. The second-order valence-electron chi connectivity index (χ2n) is 6.77. The van der Waals surface area contributed by atoms with E-state index in [0.29, 0.717) is 29.7 Å². The zero-order valence-corrected chi connectivity index (χ0v) is 19.6. The van der Waals surface area contributed by atoms with Crippen LogP contribution in [0.15, 0.2) is 33.8 Å². The lowest BCUT2D eigenvalue weighted by Crippen LogP contribution is -2.51. The van der Waals surface area contributed by atoms with Gasteiger partial charge in [-0.15, -0.1) is 24.0 Å². The van der Waals surface area contributed by atoms with Crippen molar-refractivity contribution in [2.24, 2.45) is 4.99 Å². The number of hydrogen-bond donors (Lipinski definition) is 1. The highest BCUT2D eigenvalue weighted by molar-refractivity contribution is 14.0. The number of rotatable bonds is 4. The standard InChI is InChI=1S/C18H24ClN5OS.HI/c1-18(2)12-24(10-11-26-18)17(20-3)21-9-8-15-22-16(23-25-15)13-4-6-14(19)7-5-13;/h4-7H,8-12H2,1-3H3,(H,20,21);1H. The molecule has 2 aromatic rings. The SMILES string of the molecule is CN=C(NCCc1nc(-c2ccc(Cl)cc2)no1)N1CCSC(C)(C)C1.I. The maximum atomic E-state index is 5.91. The molecule has 1 fully saturated rings. The van der Waals surface area contributed by atoms with Crippen molar-refractivity contribution in [1.82, 2.24) is 20.4 Å². The minimum atomic E-state index is 0. The highest BCUT2D eigenvalue weighted by atomic mass is 127. The van der Waals surface area contributed by atoms with Gasteiger partial charge in [0.15, 0.2) is 5.96 Å². The highest BCUT2D eigenvalue weighted by Crippen LogP contribution is 2.29. The van der Waals surface area contributed by atoms with Crippen LogP contribution in [0, 0.1) is 0 Å². The molecule has 148 valence electrons. The molecule has 0 saturated carbocycles. The summed E-state index contributed by atoms with van der Waals surface area (Å²) < 4.78 is 5.60. The van der Waals surface area contributed by atoms with Gasteiger partial charge in [-0.25, -0.2) is 0 Å². The molecule has 27 heavy (non-hydrogen) atoms. The second-order valence-corrected chi connectivity index (χ2v) is 9.01. The van der Waals surface area contributed by atoms with Gasteiger partial charge >= 0.3 is 0 Å². The van der Waals surface area contributed by atoms with Crippen molar-refractivity contribution in [3.8, 4) is 11.4 Å². The van der Waals surface area contributed by atoms with E-state index >= 15 is 0 Å². The summed E-state index contributed by atoms with van der Waals surface area (Å²) in [5, 5.41) is 8.13. The van der Waals surface area contributed by atoms with Gasteiger partial charge in [-0.3, -0.25) is 4.99 Å². The normalized spacial score (nSPS) is 16.7. The van der Waals surface area contributed by atoms with Crippen molar-refractivity contribution in [2.45, 2.75) is 25.0 Å². The monoisotopic (exact) mass is 521 g/mol. The molecule has 2 heterocycles. The van der Waals surface area contributed by atoms with Crippen LogP contribution in [0.3, 0.4) is 0 Å². The molecule has 9 heteroatoms. The van der Waals surface area contributed by atoms with E-state index in [0.717, 1.165) is 30.4 Å². The number of aliphatic imine (C=N–C) groups is 1. The first-order valence-electron chi connectivity index (χ1n) is 8.65. The van der Waals surface area contributed by atoms with Gasteiger partial charge in [0.05, 0.1) is 0 Å². The smallest absolute Gasteiger partial charge is 0.228 e. The largest absolute Gasteiger partial charge is 0.356 e. The molecule has 0 spiro atoms. The van der Waals surface area contributed by atoms with Crippen LogP contribution in [-0.2, 0) is 6.42 Å². The van der Waals surface area contributed by atoms with Crippen molar-refractivity contribution in [3.05, 3.63) is 35.2 Å². The summed E-state index contributed by atoms with van der Waals surface area (Å²) >= 11 is 7.92. The molecule has 1 aromatic carbocycles. The Morgan fingerprint density at radius 1 is 1.37 bits per heavy atom. The molecule has 0 unspecified atom stereocenters. The van der Waals surface area contributed by atoms with Crippen LogP contribution < -0.4 is 5.32 Å². The van der Waals surface area contributed by atoms with Gasteiger partial charge in [0.25, 0.3) is 0 Å². The fraction of sp³-hybridized carbons (Fsp3) is 0.500. The number of halogens is 2. The van der Waals surface area contributed by atoms with Crippen molar-refractivity contribution in [1.29, 1.82) is 0 Å². The summed E-state index contributed by atoms with van der Waals surface area (Å²) in [7, 11) is 1.82. The van der Waals surface area contributed by atoms with E-state index in [2.05, 4.69) is 39.2 Å². The van der Waals surface area contributed by atoms with Gasteiger partial charge in [0.1, 0.15) is 0 Å². The predicted molar refractivity (Wildman–Crippen MR) is 123 cm³/mol. The Labute approximate surface area is 186 Å². The Hall–Kier alpha value is -1.000. The molecule has 1 N–H and O–H groups in total. The van der Waals surface area contributed by atoms with Gasteiger partial charge in [-0.05, 0) is 38.1 Å².